The Hall–Kier alpha value is -0.820. The number of ether oxygens (including phenoxy) is 1. The number of hydrogen-bond donors (Lipinski definition) is 1. The van der Waals surface area contributed by atoms with Crippen LogP contribution in [0.1, 0.15) is 26.2 Å². The second-order valence-electron chi connectivity index (χ2n) is 5.16. The average Bonchev–Trinajstić information content (AvgIpc) is 2.45. The van der Waals surface area contributed by atoms with Crippen molar-refractivity contribution in [3.05, 3.63) is 23.2 Å². The number of nitrogen functional groups attached to an aromatic ring is 1. The Kier molecular flexibility index (Phi) is 5.48. The van der Waals surface area contributed by atoms with Gasteiger partial charge < -0.3 is 10.5 Å². The topological polar surface area (TPSA) is 72.6 Å². The van der Waals surface area contributed by atoms with Gasteiger partial charge in [-0.1, -0.05) is 24.6 Å². The number of nitrogens with two attached hydrogens (primary N) is 1. The monoisotopic (exact) mass is 332 g/mol. The van der Waals surface area contributed by atoms with Crippen molar-refractivity contribution in [1.29, 1.82) is 0 Å². The predicted molar refractivity (Wildman–Crippen MR) is 83.9 cm³/mol. The van der Waals surface area contributed by atoms with Gasteiger partial charge in [0.15, 0.2) is 0 Å². The summed E-state index contributed by atoms with van der Waals surface area (Å²) < 4.78 is 32.6. The van der Waals surface area contributed by atoms with Crippen molar-refractivity contribution in [2.45, 2.75) is 37.2 Å². The summed E-state index contributed by atoms with van der Waals surface area (Å²) in [5, 5.41) is 0.159. The number of nitrogens with zero attached hydrogens (tertiary/aromatic N) is 1. The van der Waals surface area contributed by atoms with E-state index in [1.165, 1.54) is 4.31 Å². The molecule has 7 heteroatoms. The fraction of sp³-hybridized carbons (Fsp3) is 0.571. The van der Waals surface area contributed by atoms with Crippen LogP contribution in [0.3, 0.4) is 0 Å². The van der Waals surface area contributed by atoms with Crippen LogP contribution in [0.15, 0.2) is 23.1 Å². The summed E-state index contributed by atoms with van der Waals surface area (Å²) in [6, 6.07) is 4.73. The largest absolute Gasteiger partial charge is 0.398 e. The first-order chi connectivity index (χ1) is 9.96. The molecule has 1 atom stereocenters. The van der Waals surface area contributed by atoms with Crippen LogP contribution in [0.25, 0.3) is 0 Å². The maximum absolute atomic E-state index is 12.8. The molecule has 1 aliphatic rings. The second kappa shape index (κ2) is 6.96. The Morgan fingerprint density at radius 2 is 2.24 bits per heavy atom. The molecule has 0 radical (unpaired) electrons. The van der Waals surface area contributed by atoms with Crippen LogP contribution in [-0.4, -0.2) is 38.5 Å². The van der Waals surface area contributed by atoms with E-state index in [1.54, 1.807) is 18.2 Å². The zero-order chi connectivity index (χ0) is 15.5. The fourth-order valence-electron chi connectivity index (χ4n) is 2.47. The molecule has 1 unspecified atom stereocenters. The van der Waals surface area contributed by atoms with Crippen molar-refractivity contribution in [3.8, 4) is 0 Å². The Morgan fingerprint density at radius 1 is 1.48 bits per heavy atom. The molecule has 0 aliphatic carbocycles. The van der Waals surface area contributed by atoms with Gasteiger partial charge in [0.25, 0.3) is 0 Å². The van der Waals surface area contributed by atoms with Gasteiger partial charge in [-0.25, -0.2) is 8.42 Å². The van der Waals surface area contributed by atoms with Gasteiger partial charge in [0, 0.05) is 19.7 Å². The molecule has 0 spiro atoms. The van der Waals surface area contributed by atoms with Crippen LogP contribution in [0.4, 0.5) is 5.69 Å². The van der Waals surface area contributed by atoms with E-state index >= 15 is 0 Å². The molecule has 21 heavy (non-hydrogen) atoms. The number of rotatable bonds is 5. The molecule has 1 aliphatic heterocycles. The van der Waals surface area contributed by atoms with Crippen molar-refractivity contribution < 1.29 is 13.2 Å². The molecule has 0 amide bonds. The molecule has 0 bridgehead atoms. The molecule has 2 rings (SSSR count). The third-order valence-electron chi connectivity index (χ3n) is 3.49. The minimum atomic E-state index is -3.68. The smallest absolute Gasteiger partial charge is 0.246 e. The Morgan fingerprint density at radius 3 is 2.90 bits per heavy atom. The molecule has 5 nitrogen and oxygen atoms in total. The highest BCUT2D eigenvalue weighted by atomic mass is 35.5. The van der Waals surface area contributed by atoms with Crippen molar-refractivity contribution in [1.82, 2.24) is 4.31 Å². The SMILES string of the molecule is CCCOC1CCCN(S(=O)(=O)c2c(N)cccc2Cl)C1. The van der Waals surface area contributed by atoms with E-state index in [1.807, 2.05) is 6.92 Å². The van der Waals surface area contributed by atoms with Crippen molar-refractivity contribution in [2.24, 2.45) is 0 Å². The van der Waals surface area contributed by atoms with Crippen LogP contribution in [0.5, 0.6) is 0 Å². The standard InChI is InChI=1S/C14H21ClN2O3S/c1-2-9-20-11-5-4-8-17(10-11)21(18,19)14-12(15)6-3-7-13(14)16/h3,6-7,11H,2,4-5,8-10,16H2,1H3. The first-order valence-corrected chi connectivity index (χ1v) is 8.94. The summed E-state index contributed by atoms with van der Waals surface area (Å²) in [6.07, 6.45) is 2.51. The number of hydrogen-bond acceptors (Lipinski definition) is 4. The lowest BCUT2D eigenvalue weighted by molar-refractivity contribution is 0.0193. The van der Waals surface area contributed by atoms with E-state index in [9.17, 15) is 8.42 Å². The Labute approximate surface area is 131 Å². The van der Waals surface area contributed by atoms with E-state index in [4.69, 9.17) is 22.1 Å². The van der Waals surface area contributed by atoms with Gasteiger partial charge in [0.2, 0.25) is 10.0 Å². The third kappa shape index (κ3) is 3.69. The van der Waals surface area contributed by atoms with Gasteiger partial charge in [-0.2, -0.15) is 4.31 Å². The lowest BCUT2D eigenvalue weighted by Crippen LogP contribution is -2.43. The van der Waals surface area contributed by atoms with Crippen molar-refractivity contribution >= 4 is 27.3 Å². The van der Waals surface area contributed by atoms with Gasteiger partial charge in [-0.3, -0.25) is 0 Å². The minimum Gasteiger partial charge on any atom is -0.398 e. The Balaban J connectivity index is 2.23. The second-order valence-corrected chi connectivity index (χ2v) is 7.44. The molecule has 1 fully saturated rings. The van der Waals surface area contributed by atoms with Gasteiger partial charge in [0.1, 0.15) is 4.90 Å². The molecular formula is C14H21ClN2O3S. The van der Waals surface area contributed by atoms with Crippen molar-refractivity contribution in [3.63, 3.8) is 0 Å². The number of benzene rings is 1. The lowest BCUT2D eigenvalue weighted by atomic mass is 10.1. The zero-order valence-electron chi connectivity index (χ0n) is 12.1. The third-order valence-corrected chi connectivity index (χ3v) is 5.90. The summed E-state index contributed by atoms with van der Waals surface area (Å²) in [5.74, 6) is 0. The van der Waals surface area contributed by atoms with Crippen LogP contribution in [0, 0.1) is 0 Å². The minimum absolute atomic E-state index is 0.00260. The van der Waals surface area contributed by atoms with Crippen LogP contribution >= 0.6 is 11.6 Å². The molecular weight excluding hydrogens is 312 g/mol. The summed E-state index contributed by atoms with van der Waals surface area (Å²) in [5.41, 5.74) is 5.99. The number of anilines is 1. The van der Waals surface area contributed by atoms with Gasteiger partial charge in [0.05, 0.1) is 16.8 Å². The quantitative estimate of drug-likeness (QED) is 0.841. The maximum Gasteiger partial charge on any atom is 0.246 e. The van der Waals surface area contributed by atoms with Gasteiger partial charge >= 0.3 is 0 Å². The molecule has 0 saturated carbocycles. The normalized spacial score (nSPS) is 20.6. The highest BCUT2D eigenvalue weighted by molar-refractivity contribution is 7.89. The summed E-state index contributed by atoms with van der Waals surface area (Å²) >= 11 is 6.04. The molecule has 118 valence electrons. The van der Waals surface area contributed by atoms with Crippen molar-refractivity contribution in [2.75, 3.05) is 25.4 Å². The molecule has 1 aromatic rings. The van der Waals surface area contributed by atoms with Gasteiger partial charge in [-0.15, -0.1) is 0 Å². The Bertz CT molecular complexity index is 572. The van der Waals surface area contributed by atoms with E-state index in [0.717, 1.165) is 19.3 Å². The fourth-order valence-corrected chi connectivity index (χ4v) is 4.62. The van der Waals surface area contributed by atoms with E-state index in [-0.39, 0.29) is 21.7 Å². The summed E-state index contributed by atoms with van der Waals surface area (Å²) in [6.45, 7) is 3.50. The van der Waals surface area contributed by atoms with E-state index < -0.39 is 10.0 Å². The number of halogens is 1. The highest BCUT2D eigenvalue weighted by Gasteiger charge is 2.33. The molecule has 1 aromatic carbocycles. The molecule has 0 aromatic heterocycles. The first kappa shape index (κ1) is 16.5. The van der Waals surface area contributed by atoms with Crippen LogP contribution < -0.4 is 5.73 Å². The predicted octanol–water partition coefficient (Wildman–Crippen LogP) is 2.50. The molecule has 1 heterocycles. The zero-order valence-corrected chi connectivity index (χ0v) is 13.7. The lowest BCUT2D eigenvalue weighted by Gasteiger charge is -2.32. The van der Waals surface area contributed by atoms with E-state index in [0.29, 0.717) is 19.7 Å². The highest BCUT2D eigenvalue weighted by Crippen LogP contribution is 2.31. The maximum atomic E-state index is 12.8. The van der Waals surface area contributed by atoms with Gasteiger partial charge in [-0.05, 0) is 31.4 Å². The van der Waals surface area contributed by atoms with Crippen LogP contribution in [-0.2, 0) is 14.8 Å². The number of piperidine rings is 1. The average molecular weight is 333 g/mol. The summed E-state index contributed by atoms with van der Waals surface area (Å²) in [4.78, 5) is 0.00260. The summed E-state index contributed by atoms with van der Waals surface area (Å²) in [7, 11) is -3.68. The first-order valence-electron chi connectivity index (χ1n) is 7.12. The molecule has 1 saturated heterocycles. The van der Waals surface area contributed by atoms with Crippen LogP contribution in [0.2, 0.25) is 5.02 Å². The number of sulfonamides is 1. The molecule has 2 N–H and O–H groups in total. The van der Waals surface area contributed by atoms with E-state index in [2.05, 4.69) is 0 Å².